The molecule has 1 amide bonds. The number of carbonyl (C=O) groups is 1. The molecule has 22 heavy (non-hydrogen) atoms. The van der Waals surface area contributed by atoms with E-state index in [2.05, 4.69) is 18.9 Å². The average Bonchev–Trinajstić information content (AvgIpc) is 2.96. The molecule has 1 aromatic carbocycles. The lowest BCUT2D eigenvalue weighted by Crippen LogP contribution is -2.44. The fourth-order valence-corrected chi connectivity index (χ4v) is 3.29. The van der Waals surface area contributed by atoms with E-state index in [9.17, 15) is 4.79 Å². The molecule has 122 valence electrons. The number of rotatable bonds is 7. The summed E-state index contributed by atoms with van der Waals surface area (Å²) in [5.41, 5.74) is 7.25. The first-order valence-corrected chi connectivity index (χ1v) is 8.37. The van der Waals surface area contributed by atoms with Crippen molar-refractivity contribution in [2.45, 2.75) is 32.2 Å². The van der Waals surface area contributed by atoms with E-state index in [1.165, 1.54) is 6.42 Å². The zero-order valence-corrected chi connectivity index (χ0v) is 13.9. The first-order chi connectivity index (χ1) is 10.6. The summed E-state index contributed by atoms with van der Waals surface area (Å²) in [6.45, 7) is 6.11. The van der Waals surface area contributed by atoms with Crippen LogP contribution in [0.3, 0.4) is 0 Å². The SMILES string of the molecule is CCCN(C)CC1CCN(C(=O)C(N)Cc2ccccc2)C1. The zero-order chi connectivity index (χ0) is 15.9. The number of benzene rings is 1. The topological polar surface area (TPSA) is 49.6 Å². The highest BCUT2D eigenvalue weighted by molar-refractivity contribution is 5.82. The van der Waals surface area contributed by atoms with Gasteiger partial charge in [0.05, 0.1) is 6.04 Å². The van der Waals surface area contributed by atoms with Gasteiger partial charge in [0.25, 0.3) is 0 Å². The Labute approximate surface area is 134 Å². The van der Waals surface area contributed by atoms with E-state index in [1.807, 2.05) is 35.2 Å². The summed E-state index contributed by atoms with van der Waals surface area (Å²) in [6.07, 6.45) is 2.89. The lowest BCUT2D eigenvalue weighted by atomic mass is 10.1. The zero-order valence-electron chi connectivity index (χ0n) is 13.9. The third kappa shape index (κ3) is 4.82. The van der Waals surface area contributed by atoms with Crippen molar-refractivity contribution in [1.29, 1.82) is 0 Å². The van der Waals surface area contributed by atoms with Gasteiger partial charge >= 0.3 is 0 Å². The molecule has 2 rings (SSSR count). The molecular weight excluding hydrogens is 274 g/mol. The summed E-state index contributed by atoms with van der Waals surface area (Å²) in [7, 11) is 2.16. The van der Waals surface area contributed by atoms with Gasteiger partial charge in [0.1, 0.15) is 0 Å². The van der Waals surface area contributed by atoms with Crippen LogP contribution in [0, 0.1) is 5.92 Å². The summed E-state index contributed by atoms with van der Waals surface area (Å²) in [5.74, 6) is 0.689. The van der Waals surface area contributed by atoms with Gasteiger partial charge in [0, 0.05) is 19.6 Å². The maximum atomic E-state index is 12.5. The Bertz CT molecular complexity index is 463. The van der Waals surface area contributed by atoms with Crippen molar-refractivity contribution in [2.24, 2.45) is 11.7 Å². The summed E-state index contributed by atoms with van der Waals surface area (Å²) in [4.78, 5) is 16.8. The van der Waals surface area contributed by atoms with Crippen LogP contribution in [0.5, 0.6) is 0 Å². The van der Waals surface area contributed by atoms with Crippen LogP contribution in [0.2, 0.25) is 0 Å². The van der Waals surface area contributed by atoms with Crippen molar-refractivity contribution in [3.63, 3.8) is 0 Å². The molecule has 0 radical (unpaired) electrons. The third-order valence-electron chi connectivity index (χ3n) is 4.39. The molecule has 2 atom stereocenters. The van der Waals surface area contributed by atoms with Gasteiger partial charge in [-0.2, -0.15) is 0 Å². The minimum atomic E-state index is -0.422. The second kappa shape index (κ2) is 8.30. The van der Waals surface area contributed by atoms with Gasteiger partial charge in [-0.1, -0.05) is 37.3 Å². The second-order valence-corrected chi connectivity index (χ2v) is 6.50. The first kappa shape index (κ1) is 17.0. The number of amides is 1. The van der Waals surface area contributed by atoms with Gasteiger partial charge in [-0.3, -0.25) is 4.79 Å². The van der Waals surface area contributed by atoms with Gasteiger partial charge < -0.3 is 15.5 Å². The van der Waals surface area contributed by atoms with E-state index in [4.69, 9.17) is 5.73 Å². The molecule has 1 aliphatic heterocycles. The maximum absolute atomic E-state index is 12.5. The lowest BCUT2D eigenvalue weighted by Gasteiger charge is -2.23. The summed E-state index contributed by atoms with van der Waals surface area (Å²) in [5, 5.41) is 0. The van der Waals surface area contributed by atoms with E-state index < -0.39 is 6.04 Å². The predicted molar refractivity (Wildman–Crippen MR) is 90.6 cm³/mol. The molecule has 4 nitrogen and oxygen atoms in total. The van der Waals surface area contributed by atoms with Gasteiger partial charge in [-0.15, -0.1) is 0 Å². The number of hydrogen-bond acceptors (Lipinski definition) is 3. The Morgan fingerprint density at radius 2 is 2.14 bits per heavy atom. The highest BCUT2D eigenvalue weighted by Gasteiger charge is 2.29. The molecule has 4 heteroatoms. The van der Waals surface area contributed by atoms with Crippen molar-refractivity contribution >= 4 is 5.91 Å². The molecule has 1 aliphatic rings. The van der Waals surface area contributed by atoms with Crippen LogP contribution in [0.4, 0.5) is 0 Å². The Balaban J connectivity index is 1.81. The van der Waals surface area contributed by atoms with Gasteiger partial charge in [-0.25, -0.2) is 0 Å². The molecule has 2 N–H and O–H groups in total. The van der Waals surface area contributed by atoms with E-state index in [-0.39, 0.29) is 5.91 Å². The van der Waals surface area contributed by atoms with Crippen LogP contribution in [0.1, 0.15) is 25.3 Å². The Morgan fingerprint density at radius 3 is 2.82 bits per heavy atom. The van der Waals surface area contributed by atoms with E-state index in [0.717, 1.165) is 38.2 Å². The molecule has 1 saturated heterocycles. The first-order valence-electron chi connectivity index (χ1n) is 8.37. The Kier molecular flexibility index (Phi) is 6.40. The molecule has 0 bridgehead atoms. The molecule has 1 heterocycles. The highest BCUT2D eigenvalue weighted by atomic mass is 16.2. The molecule has 1 aromatic rings. The van der Waals surface area contributed by atoms with Crippen molar-refractivity contribution in [3.8, 4) is 0 Å². The molecule has 0 aromatic heterocycles. The minimum Gasteiger partial charge on any atom is -0.341 e. The van der Waals surface area contributed by atoms with E-state index in [0.29, 0.717) is 12.3 Å². The van der Waals surface area contributed by atoms with Crippen LogP contribution >= 0.6 is 0 Å². The smallest absolute Gasteiger partial charge is 0.239 e. The highest BCUT2D eigenvalue weighted by Crippen LogP contribution is 2.18. The number of nitrogens with two attached hydrogens (primary N) is 1. The predicted octanol–water partition coefficient (Wildman–Crippen LogP) is 1.75. The molecule has 2 unspecified atom stereocenters. The standard InChI is InChI=1S/C18H29N3O/c1-3-10-20(2)13-16-9-11-21(14-16)18(22)17(19)12-15-7-5-4-6-8-15/h4-8,16-17H,3,9-14,19H2,1-2H3. The van der Waals surface area contributed by atoms with Gasteiger partial charge in [0.2, 0.25) is 5.91 Å². The van der Waals surface area contributed by atoms with Crippen molar-refractivity contribution in [2.75, 3.05) is 33.2 Å². The van der Waals surface area contributed by atoms with Crippen LogP contribution < -0.4 is 5.73 Å². The molecule has 1 fully saturated rings. The van der Waals surface area contributed by atoms with Crippen molar-refractivity contribution in [3.05, 3.63) is 35.9 Å². The van der Waals surface area contributed by atoms with E-state index in [1.54, 1.807) is 0 Å². The van der Waals surface area contributed by atoms with Crippen LogP contribution in [-0.2, 0) is 11.2 Å². The van der Waals surface area contributed by atoms with Crippen molar-refractivity contribution in [1.82, 2.24) is 9.80 Å². The van der Waals surface area contributed by atoms with Crippen LogP contribution in [0.15, 0.2) is 30.3 Å². The van der Waals surface area contributed by atoms with Gasteiger partial charge in [0.15, 0.2) is 0 Å². The number of hydrogen-bond donors (Lipinski definition) is 1. The number of nitrogens with zero attached hydrogens (tertiary/aromatic N) is 2. The van der Waals surface area contributed by atoms with Crippen molar-refractivity contribution < 1.29 is 4.79 Å². The molecular formula is C18H29N3O. The minimum absolute atomic E-state index is 0.101. The normalized spacial score (nSPS) is 19.6. The van der Waals surface area contributed by atoms with E-state index >= 15 is 0 Å². The second-order valence-electron chi connectivity index (χ2n) is 6.50. The molecule has 0 aliphatic carbocycles. The number of carbonyl (C=O) groups excluding carboxylic acids is 1. The maximum Gasteiger partial charge on any atom is 0.239 e. The molecule has 0 spiro atoms. The Hall–Kier alpha value is -1.39. The quantitative estimate of drug-likeness (QED) is 0.835. The monoisotopic (exact) mass is 303 g/mol. The summed E-state index contributed by atoms with van der Waals surface area (Å²) >= 11 is 0. The summed E-state index contributed by atoms with van der Waals surface area (Å²) in [6, 6.07) is 9.59. The van der Waals surface area contributed by atoms with Crippen LogP contribution in [-0.4, -0.2) is 55.0 Å². The third-order valence-corrected chi connectivity index (χ3v) is 4.39. The van der Waals surface area contributed by atoms with Crippen LogP contribution in [0.25, 0.3) is 0 Å². The van der Waals surface area contributed by atoms with Gasteiger partial charge in [-0.05, 0) is 44.3 Å². The summed E-state index contributed by atoms with van der Waals surface area (Å²) < 4.78 is 0. The largest absolute Gasteiger partial charge is 0.341 e. The Morgan fingerprint density at radius 1 is 1.41 bits per heavy atom. The molecule has 0 saturated carbocycles. The fourth-order valence-electron chi connectivity index (χ4n) is 3.29. The average molecular weight is 303 g/mol. The fraction of sp³-hybridized carbons (Fsp3) is 0.611. The number of likely N-dealkylation sites (tertiary alicyclic amines) is 1. The lowest BCUT2D eigenvalue weighted by molar-refractivity contribution is -0.131.